The van der Waals surface area contributed by atoms with Gasteiger partial charge in [0, 0.05) is 18.6 Å². The molecule has 0 saturated carbocycles. The highest BCUT2D eigenvalue weighted by Gasteiger charge is 2.14. The molecule has 3 rings (SSSR count). The Morgan fingerprint density at radius 3 is 2.90 bits per heavy atom. The van der Waals surface area contributed by atoms with Crippen LogP contribution < -0.4 is 5.73 Å². The van der Waals surface area contributed by atoms with Crippen molar-refractivity contribution in [1.82, 2.24) is 19.2 Å². The van der Waals surface area contributed by atoms with E-state index in [2.05, 4.69) is 29.1 Å². The molecule has 3 N–H and O–H groups in total. The highest BCUT2D eigenvalue weighted by atomic mass is 16.4. The molecule has 0 aliphatic rings. The Kier molecular flexibility index (Phi) is 3.09. The highest BCUT2D eigenvalue weighted by Crippen LogP contribution is 2.20. The lowest BCUT2D eigenvalue weighted by atomic mass is 10.1. The minimum Gasteiger partial charge on any atom is -0.409 e. The molecule has 0 saturated heterocycles. The van der Waals surface area contributed by atoms with Crippen LogP contribution >= 0.6 is 0 Å². The zero-order chi connectivity index (χ0) is 15.0. The lowest BCUT2D eigenvalue weighted by Gasteiger charge is -2.08. The maximum atomic E-state index is 8.88. The van der Waals surface area contributed by atoms with Crippen molar-refractivity contribution >= 4 is 11.4 Å². The molecule has 0 unspecified atom stereocenters. The normalized spacial score (nSPS) is 12.4. The largest absolute Gasteiger partial charge is 0.409 e. The molecule has 0 atom stereocenters. The monoisotopic (exact) mass is 284 g/mol. The van der Waals surface area contributed by atoms with Crippen molar-refractivity contribution < 1.29 is 5.21 Å². The van der Waals surface area contributed by atoms with Gasteiger partial charge in [0.2, 0.25) is 0 Å². The summed E-state index contributed by atoms with van der Waals surface area (Å²) in [5.41, 5.74) is 8.13. The third-order valence-corrected chi connectivity index (χ3v) is 3.33. The Balaban J connectivity index is 2.24. The molecule has 108 valence electrons. The van der Waals surface area contributed by atoms with Gasteiger partial charge in [0.1, 0.15) is 5.52 Å². The second kappa shape index (κ2) is 4.93. The number of amidine groups is 1. The number of hydrogen-bond donors (Lipinski definition) is 2. The summed E-state index contributed by atoms with van der Waals surface area (Å²) in [4.78, 5) is 4.41. The smallest absolute Gasteiger partial charge is 0.187 e. The van der Waals surface area contributed by atoms with Gasteiger partial charge in [-0.25, -0.2) is 9.50 Å². The molecule has 0 aliphatic carbocycles. The fourth-order valence-electron chi connectivity index (χ4n) is 2.22. The number of aromatic nitrogens is 4. The molecule has 21 heavy (non-hydrogen) atoms. The van der Waals surface area contributed by atoms with Crippen LogP contribution in [0, 0.1) is 0 Å². The van der Waals surface area contributed by atoms with Gasteiger partial charge in [-0.1, -0.05) is 19.0 Å². The Morgan fingerprint density at radius 1 is 1.38 bits per heavy atom. The van der Waals surface area contributed by atoms with E-state index in [1.807, 2.05) is 18.3 Å². The van der Waals surface area contributed by atoms with E-state index in [4.69, 9.17) is 10.9 Å². The Hall–Kier alpha value is -2.83. The maximum absolute atomic E-state index is 8.88. The van der Waals surface area contributed by atoms with Crippen molar-refractivity contribution in [2.75, 3.05) is 0 Å². The van der Waals surface area contributed by atoms with Gasteiger partial charge < -0.3 is 10.9 Å². The third kappa shape index (κ3) is 2.12. The lowest BCUT2D eigenvalue weighted by molar-refractivity contribution is 0.318. The average molecular weight is 284 g/mol. The van der Waals surface area contributed by atoms with Crippen LogP contribution in [0.15, 0.2) is 41.9 Å². The van der Waals surface area contributed by atoms with Crippen LogP contribution in [-0.4, -0.2) is 30.2 Å². The van der Waals surface area contributed by atoms with Crippen molar-refractivity contribution in [3.8, 4) is 5.82 Å². The minimum absolute atomic E-state index is 0.0346. The van der Waals surface area contributed by atoms with Crippen molar-refractivity contribution in [3.63, 3.8) is 0 Å². The van der Waals surface area contributed by atoms with E-state index in [0.717, 1.165) is 11.2 Å². The maximum Gasteiger partial charge on any atom is 0.187 e. The second-order valence-electron chi connectivity index (χ2n) is 5.05. The van der Waals surface area contributed by atoms with Crippen LogP contribution in [0.1, 0.15) is 31.2 Å². The number of hydrogen-bond acceptors (Lipinski definition) is 4. The summed E-state index contributed by atoms with van der Waals surface area (Å²) in [6, 6.07) is 5.58. The van der Waals surface area contributed by atoms with E-state index in [-0.39, 0.29) is 5.84 Å². The zero-order valence-corrected chi connectivity index (χ0v) is 11.8. The number of nitrogens with two attached hydrogens (primary N) is 1. The first kappa shape index (κ1) is 13.2. The van der Waals surface area contributed by atoms with Crippen molar-refractivity contribution in [3.05, 3.63) is 48.2 Å². The quantitative estimate of drug-likeness (QED) is 0.331. The molecule has 3 aromatic heterocycles. The standard InChI is InChI=1S/C14H16N6O/c1-9(2)10-8-12-14(16-5-7-20(12)17-10)19-6-3-4-11(19)13(15)18-21/h3-9,21H,1-2H3,(H2,15,18). The Bertz CT molecular complexity index is 814. The number of fused-ring (bicyclic) bond motifs is 1. The van der Waals surface area contributed by atoms with Crippen molar-refractivity contribution in [2.24, 2.45) is 10.9 Å². The molecule has 0 bridgehead atoms. The van der Waals surface area contributed by atoms with Crippen molar-refractivity contribution in [2.45, 2.75) is 19.8 Å². The van der Waals surface area contributed by atoms with E-state index in [1.165, 1.54) is 0 Å². The molecule has 0 spiro atoms. The predicted octanol–water partition coefficient (Wildman–Crippen LogP) is 1.74. The van der Waals surface area contributed by atoms with Gasteiger partial charge in [0.25, 0.3) is 0 Å². The summed E-state index contributed by atoms with van der Waals surface area (Å²) in [6.45, 7) is 4.18. The first-order chi connectivity index (χ1) is 10.1. The molecular formula is C14H16N6O. The molecule has 7 heteroatoms. The average Bonchev–Trinajstić information content (AvgIpc) is 3.12. The molecular weight excluding hydrogens is 268 g/mol. The first-order valence-electron chi connectivity index (χ1n) is 6.61. The number of rotatable bonds is 3. The summed E-state index contributed by atoms with van der Waals surface area (Å²) in [5.74, 6) is 1.04. The summed E-state index contributed by atoms with van der Waals surface area (Å²) in [5, 5.41) is 16.5. The van der Waals surface area contributed by atoms with Crippen LogP contribution in [0.5, 0.6) is 0 Å². The predicted molar refractivity (Wildman–Crippen MR) is 78.9 cm³/mol. The topological polar surface area (TPSA) is 93.7 Å². The van der Waals surface area contributed by atoms with Gasteiger partial charge in [-0.15, -0.1) is 0 Å². The molecule has 7 nitrogen and oxygen atoms in total. The van der Waals surface area contributed by atoms with Gasteiger partial charge in [-0.2, -0.15) is 5.10 Å². The zero-order valence-electron chi connectivity index (χ0n) is 11.8. The molecule has 0 aliphatic heterocycles. The lowest BCUT2D eigenvalue weighted by Crippen LogP contribution is -2.18. The van der Waals surface area contributed by atoms with Gasteiger partial charge in [-0.3, -0.25) is 4.57 Å². The number of nitrogens with zero attached hydrogens (tertiary/aromatic N) is 5. The summed E-state index contributed by atoms with van der Waals surface area (Å²) in [6.07, 6.45) is 5.30. The van der Waals surface area contributed by atoms with Crippen LogP contribution in [0.2, 0.25) is 0 Å². The fourth-order valence-corrected chi connectivity index (χ4v) is 2.22. The van der Waals surface area contributed by atoms with E-state index in [0.29, 0.717) is 17.4 Å². The second-order valence-corrected chi connectivity index (χ2v) is 5.05. The first-order valence-corrected chi connectivity index (χ1v) is 6.61. The van der Waals surface area contributed by atoms with Gasteiger partial charge in [-0.05, 0) is 24.1 Å². The third-order valence-electron chi connectivity index (χ3n) is 3.33. The van der Waals surface area contributed by atoms with E-state index in [1.54, 1.807) is 27.5 Å². The Morgan fingerprint density at radius 2 is 2.19 bits per heavy atom. The van der Waals surface area contributed by atoms with E-state index >= 15 is 0 Å². The van der Waals surface area contributed by atoms with Crippen LogP contribution in [0.25, 0.3) is 11.3 Å². The minimum atomic E-state index is 0.0346. The van der Waals surface area contributed by atoms with E-state index in [9.17, 15) is 0 Å². The molecule has 0 amide bonds. The van der Waals surface area contributed by atoms with Crippen LogP contribution in [-0.2, 0) is 0 Å². The summed E-state index contributed by atoms with van der Waals surface area (Å²) >= 11 is 0. The van der Waals surface area contributed by atoms with Crippen LogP contribution in [0.4, 0.5) is 0 Å². The molecule has 0 aromatic carbocycles. The highest BCUT2D eigenvalue weighted by molar-refractivity contribution is 5.96. The van der Waals surface area contributed by atoms with Crippen molar-refractivity contribution in [1.29, 1.82) is 0 Å². The van der Waals surface area contributed by atoms with Crippen LogP contribution in [0.3, 0.4) is 0 Å². The van der Waals surface area contributed by atoms with Gasteiger partial charge in [0.05, 0.1) is 11.4 Å². The van der Waals surface area contributed by atoms with Gasteiger partial charge in [0.15, 0.2) is 11.7 Å². The van der Waals surface area contributed by atoms with Gasteiger partial charge >= 0.3 is 0 Å². The Labute approximate surface area is 121 Å². The number of oxime groups is 1. The summed E-state index contributed by atoms with van der Waals surface area (Å²) in [7, 11) is 0. The molecule has 0 fully saturated rings. The summed E-state index contributed by atoms with van der Waals surface area (Å²) < 4.78 is 3.56. The molecule has 3 heterocycles. The molecule has 0 radical (unpaired) electrons. The SMILES string of the molecule is CC(C)c1cc2c(-n3cccc3/C(N)=N/O)nccn2n1. The molecule has 3 aromatic rings. The fraction of sp³-hybridized carbons (Fsp3) is 0.214. The van der Waals surface area contributed by atoms with E-state index < -0.39 is 0 Å².